The summed E-state index contributed by atoms with van der Waals surface area (Å²) < 4.78 is 22.6. The molecule has 0 spiro atoms. The zero-order valence-electron chi connectivity index (χ0n) is 6.65. The Bertz CT molecular complexity index is 138. The summed E-state index contributed by atoms with van der Waals surface area (Å²) in [5.41, 5.74) is 0. The number of hydrogen-bond acceptors (Lipinski definition) is 1. The van der Waals surface area contributed by atoms with Gasteiger partial charge >= 0.3 is 3.93 Å². The highest BCUT2D eigenvalue weighted by Gasteiger charge is 2.44. The largest absolute Gasteiger partial charge is 0.301 e. The van der Waals surface area contributed by atoms with Gasteiger partial charge in [-0.25, -0.2) is 0 Å². The summed E-state index contributed by atoms with van der Waals surface area (Å²) in [7, 11) is 0. The van der Waals surface area contributed by atoms with Crippen molar-refractivity contribution < 1.29 is 8.78 Å². The Morgan fingerprint density at radius 3 is 2.18 bits per heavy atom. The Labute approximate surface area is 79.3 Å². The zero-order valence-corrected chi connectivity index (χ0v) is 8.81. The van der Waals surface area contributed by atoms with E-state index in [4.69, 9.17) is 0 Å². The van der Waals surface area contributed by atoms with Gasteiger partial charge in [-0.3, -0.25) is 4.90 Å². The van der Waals surface area contributed by atoms with Crippen LogP contribution in [-0.2, 0) is 0 Å². The van der Waals surface area contributed by atoms with Crippen molar-refractivity contribution >= 4 is 22.6 Å². The molecule has 1 heterocycles. The minimum absolute atomic E-state index is 0.407. The summed E-state index contributed by atoms with van der Waals surface area (Å²) in [5, 5.41) is 0. The highest BCUT2D eigenvalue weighted by Crippen LogP contribution is 2.38. The lowest BCUT2D eigenvalue weighted by molar-refractivity contribution is -0.0489. The molecule has 1 saturated heterocycles. The molecule has 0 aromatic rings. The van der Waals surface area contributed by atoms with Gasteiger partial charge in [-0.15, -0.1) is 0 Å². The second-order valence-electron chi connectivity index (χ2n) is 3.29. The first kappa shape index (κ1) is 9.64. The summed E-state index contributed by atoms with van der Waals surface area (Å²) in [6.45, 7) is 5.16. The van der Waals surface area contributed by atoms with Crippen molar-refractivity contribution in [3.8, 4) is 0 Å². The van der Waals surface area contributed by atoms with Crippen molar-refractivity contribution in [1.82, 2.24) is 4.90 Å². The molecular weight excluding hydrogens is 263 g/mol. The molecule has 1 aliphatic rings. The second-order valence-corrected chi connectivity index (χ2v) is 4.72. The minimum atomic E-state index is -2.51. The first-order valence-electron chi connectivity index (χ1n) is 3.72. The molecule has 0 N–H and O–H groups in total. The summed E-state index contributed by atoms with van der Waals surface area (Å²) in [4.78, 5) is 2.05. The maximum Gasteiger partial charge on any atom is 0.301 e. The SMILES string of the molecule is CC(C)N1CC(C(F)(F)I)C1. The van der Waals surface area contributed by atoms with Crippen LogP contribution in [0.25, 0.3) is 0 Å². The molecule has 0 aromatic carbocycles. The fourth-order valence-electron chi connectivity index (χ4n) is 1.14. The normalized spacial score (nSPS) is 22.4. The molecule has 1 fully saturated rings. The van der Waals surface area contributed by atoms with Gasteiger partial charge < -0.3 is 0 Å². The average Bonchev–Trinajstić information content (AvgIpc) is 1.51. The molecule has 0 amide bonds. The molecule has 0 radical (unpaired) electrons. The van der Waals surface area contributed by atoms with Gasteiger partial charge in [-0.2, -0.15) is 8.78 Å². The van der Waals surface area contributed by atoms with Crippen molar-refractivity contribution in [3.63, 3.8) is 0 Å². The quantitative estimate of drug-likeness (QED) is 0.552. The molecule has 1 nitrogen and oxygen atoms in total. The Kier molecular flexibility index (Phi) is 2.74. The monoisotopic (exact) mass is 275 g/mol. The lowest BCUT2D eigenvalue weighted by atomic mass is 9.99. The van der Waals surface area contributed by atoms with Gasteiger partial charge in [0.15, 0.2) is 0 Å². The van der Waals surface area contributed by atoms with Gasteiger partial charge in [0.1, 0.15) is 0 Å². The van der Waals surface area contributed by atoms with E-state index >= 15 is 0 Å². The first-order chi connectivity index (χ1) is 4.91. The predicted molar refractivity (Wildman–Crippen MR) is 49.2 cm³/mol. The van der Waals surface area contributed by atoms with Crippen LogP contribution in [0, 0.1) is 5.92 Å². The van der Waals surface area contributed by atoms with E-state index in [0.29, 0.717) is 19.1 Å². The van der Waals surface area contributed by atoms with E-state index in [-0.39, 0.29) is 0 Å². The van der Waals surface area contributed by atoms with Crippen molar-refractivity contribution in [2.75, 3.05) is 13.1 Å². The van der Waals surface area contributed by atoms with Crippen LogP contribution in [0.5, 0.6) is 0 Å². The second kappa shape index (κ2) is 3.12. The molecule has 0 aromatic heterocycles. The molecule has 0 saturated carbocycles. The van der Waals surface area contributed by atoms with Crippen molar-refractivity contribution in [1.29, 1.82) is 0 Å². The third-order valence-electron chi connectivity index (χ3n) is 2.10. The zero-order chi connectivity index (χ0) is 8.65. The number of alkyl halides is 3. The summed E-state index contributed by atoms with van der Waals surface area (Å²) in [5.74, 6) is -0.425. The van der Waals surface area contributed by atoms with E-state index in [1.165, 1.54) is 22.6 Å². The fourth-order valence-corrected chi connectivity index (χ4v) is 1.54. The van der Waals surface area contributed by atoms with Gasteiger partial charge in [-0.1, -0.05) is 0 Å². The number of halogens is 3. The number of nitrogens with zero attached hydrogens (tertiary/aromatic N) is 1. The van der Waals surface area contributed by atoms with Crippen LogP contribution in [0.1, 0.15) is 13.8 Å². The lowest BCUT2D eigenvalue weighted by Gasteiger charge is -2.43. The van der Waals surface area contributed by atoms with Crippen LogP contribution in [0.3, 0.4) is 0 Å². The van der Waals surface area contributed by atoms with E-state index in [0.717, 1.165) is 0 Å². The highest BCUT2D eigenvalue weighted by atomic mass is 127. The molecule has 1 rings (SSSR count). The van der Waals surface area contributed by atoms with Crippen LogP contribution < -0.4 is 0 Å². The smallest absolute Gasteiger partial charge is 0.300 e. The van der Waals surface area contributed by atoms with E-state index in [1.54, 1.807) is 0 Å². The van der Waals surface area contributed by atoms with E-state index in [9.17, 15) is 8.78 Å². The van der Waals surface area contributed by atoms with Crippen LogP contribution >= 0.6 is 22.6 Å². The van der Waals surface area contributed by atoms with Crippen LogP contribution in [0.15, 0.2) is 0 Å². The third kappa shape index (κ3) is 2.24. The standard InChI is InChI=1S/C7H12F2IN/c1-5(2)11-3-6(4-11)7(8,9)10/h5-6H,3-4H2,1-2H3. The third-order valence-corrected chi connectivity index (χ3v) is 2.98. The molecule has 0 bridgehead atoms. The summed E-state index contributed by atoms with van der Waals surface area (Å²) >= 11 is 1.23. The number of likely N-dealkylation sites (tertiary alicyclic amines) is 1. The van der Waals surface area contributed by atoms with Crippen molar-refractivity contribution in [3.05, 3.63) is 0 Å². The molecule has 0 unspecified atom stereocenters. The molecule has 1 aliphatic heterocycles. The van der Waals surface area contributed by atoms with E-state index in [1.807, 2.05) is 13.8 Å². The minimum Gasteiger partial charge on any atom is -0.300 e. The van der Waals surface area contributed by atoms with E-state index in [2.05, 4.69) is 4.90 Å². The van der Waals surface area contributed by atoms with Gasteiger partial charge in [0.05, 0.1) is 5.92 Å². The Morgan fingerprint density at radius 2 is 1.91 bits per heavy atom. The number of hydrogen-bond donors (Lipinski definition) is 0. The molecule has 4 heteroatoms. The predicted octanol–water partition coefficient (Wildman–Crippen LogP) is 2.35. The van der Waals surface area contributed by atoms with Crippen LogP contribution in [0.2, 0.25) is 0 Å². The average molecular weight is 275 g/mol. The van der Waals surface area contributed by atoms with Crippen molar-refractivity contribution in [2.24, 2.45) is 5.92 Å². The Hall–Kier alpha value is 0.550. The highest BCUT2D eigenvalue weighted by molar-refractivity contribution is 14.1. The molecular formula is C7H12F2IN. The molecule has 66 valence electrons. The fraction of sp³-hybridized carbons (Fsp3) is 1.00. The van der Waals surface area contributed by atoms with E-state index < -0.39 is 9.85 Å². The van der Waals surface area contributed by atoms with Crippen molar-refractivity contribution in [2.45, 2.75) is 23.8 Å². The van der Waals surface area contributed by atoms with Crippen LogP contribution in [0.4, 0.5) is 8.78 Å². The number of rotatable bonds is 2. The Balaban J connectivity index is 2.30. The Morgan fingerprint density at radius 1 is 1.45 bits per heavy atom. The van der Waals surface area contributed by atoms with Gasteiger partial charge in [0.2, 0.25) is 0 Å². The first-order valence-corrected chi connectivity index (χ1v) is 4.80. The van der Waals surface area contributed by atoms with Gasteiger partial charge in [0, 0.05) is 19.1 Å². The van der Waals surface area contributed by atoms with Crippen LogP contribution in [-0.4, -0.2) is 28.0 Å². The lowest BCUT2D eigenvalue weighted by Crippen LogP contribution is -2.55. The molecule has 0 aliphatic carbocycles. The molecule has 11 heavy (non-hydrogen) atoms. The van der Waals surface area contributed by atoms with Gasteiger partial charge in [0.25, 0.3) is 0 Å². The molecule has 0 atom stereocenters. The summed E-state index contributed by atoms with van der Waals surface area (Å²) in [6, 6.07) is 0.407. The summed E-state index contributed by atoms with van der Waals surface area (Å²) in [6.07, 6.45) is 0. The van der Waals surface area contributed by atoms with Gasteiger partial charge in [-0.05, 0) is 36.4 Å². The maximum absolute atomic E-state index is 12.6. The topological polar surface area (TPSA) is 3.24 Å². The maximum atomic E-state index is 12.6.